The minimum absolute atomic E-state index is 0.0920. The first-order valence-electron chi connectivity index (χ1n) is 13.8. The minimum atomic E-state index is -0.263. The van der Waals surface area contributed by atoms with Gasteiger partial charge in [0, 0.05) is 42.9 Å². The molecule has 3 aromatic rings. The summed E-state index contributed by atoms with van der Waals surface area (Å²) in [6.45, 7) is 4.82. The van der Waals surface area contributed by atoms with E-state index in [4.69, 9.17) is 19.2 Å². The normalized spacial score (nSPS) is 21.7. The molecular formula is C30H34F2N4O4. The van der Waals surface area contributed by atoms with Crippen molar-refractivity contribution in [2.75, 3.05) is 45.0 Å². The molecule has 212 valence electrons. The number of halogens is 2. The van der Waals surface area contributed by atoms with Crippen LogP contribution in [0.15, 0.2) is 41.0 Å². The third-order valence-corrected chi connectivity index (χ3v) is 8.53. The summed E-state index contributed by atoms with van der Waals surface area (Å²) in [6.07, 6.45) is 4.31. The van der Waals surface area contributed by atoms with Crippen molar-refractivity contribution in [2.45, 2.75) is 51.1 Å². The number of H-pyrrole nitrogens is 1. The van der Waals surface area contributed by atoms with E-state index >= 15 is 0 Å². The number of nitrogens with zero attached hydrogens (tertiary/aromatic N) is 3. The number of hydrogen-bond donors (Lipinski definition) is 1. The van der Waals surface area contributed by atoms with Crippen molar-refractivity contribution in [3.05, 3.63) is 69.2 Å². The third kappa shape index (κ3) is 4.73. The van der Waals surface area contributed by atoms with E-state index in [1.54, 1.807) is 13.2 Å². The zero-order valence-electron chi connectivity index (χ0n) is 22.9. The Hall–Kier alpha value is -3.50. The number of fused-ring (bicyclic) bond motifs is 3. The first-order valence-corrected chi connectivity index (χ1v) is 13.8. The molecule has 0 bridgehead atoms. The molecule has 0 amide bonds. The lowest BCUT2D eigenvalue weighted by atomic mass is 9.94. The monoisotopic (exact) mass is 552 g/mol. The molecule has 3 aliphatic heterocycles. The molecule has 0 aliphatic carbocycles. The molecule has 8 nitrogen and oxygen atoms in total. The van der Waals surface area contributed by atoms with Crippen molar-refractivity contribution in [1.29, 1.82) is 0 Å². The van der Waals surface area contributed by atoms with Gasteiger partial charge < -0.3 is 19.1 Å². The molecule has 1 unspecified atom stereocenters. The number of benzene rings is 2. The minimum Gasteiger partial charge on any atom is -0.467 e. The largest absolute Gasteiger partial charge is 0.467 e. The Bertz CT molecular complexity index is 1520. The van der Waals surface area contributed by atoms with Crippen LogP contribution in [0, 0.1) is 5.82 Å². The molecule has 2 fully saturated rings. The Kier molecular flexibility index (Phi) is 7.22. The molecule has 1 N–H and O–H groups in total. The van der Waals surface area contributed by atoms with Gasteiger partial charge in [-0.2, -0.15) is 4.98 Å². The second kappa shape index (κ2) is 10.8. The lowest BCUT2D eigenvalue weighted by Gasteiger charge is -2.32. The summed E-state index contributed by atoms with van der Waals surface area (Å²) in [5.74, 6) is 0.368. The van der Waals surface area contributed by atoms with Crippen molar-refractivity contribution in [2.24, 2.45) is 0 Å². The first-order chi connectivity index (χ1) is 19.4. The lowest BCUT2D eigenvalue weighted by Crippen LogP contribution is -2.44. The van der Waals surface area contributed by atoms with Gasteiger partial charge in [0.15, 0.2) is 6.79 Å². The molecule has 10 heteroatoms. The van der Waals surface area contributed by atoms with Gasteiger partial charge in [0.05, 0.1) is 24.1 Å². The Morgan fingerprint density at radius 2 is 2.08 bits per heavy atom. The predicted octanol–water partition coefficient (Wildman–Crippen LogP) is 4.64. The highest BCUT2D eigenvalue weighted by Crippen LogP contribution is 2.42. The summed E-state index contributed by atoms with van der Waals surface area (Å²) in [7, 11) is 1.56. The summed E-state index contributed by atoms with van der Waals surface area (Å²) >= 11 is 0. The smallest absolute Gasteiger partial charge is 0.296 e. The van der Waals surface area contributed by atoms with Gasteiger partial charge >= 0.3 is 0 Å². The fourth-order valence-electron chi connectivity index (χ4n) is 6.62. The van der Waals surface area contributed by atoms with E-state index in [1.165, 1.54) is 6.07 Å². The number of aromatic amines is 1. The van der Waals surface area contributed by atoms with E-state index in [9.17, 15) is 13.6 Å². The van der Waals surface area contributed by atoms with Crippen LogP contribution in [0.2, 0.25) is 0 Å². The van der Waals surface area contributed by atoms with Crippen molar-refractivity contribution >= 4 is 16.5 Å². The van der Waals surface area contributed by atoms with Crippen molar-refractivity contribution in [3.8, 4) is 11.8 Å². The quantitative estimate of drug-likeness (QED) is 0.408. The van der Waals surface area contributed by atoms with Gasteiger partial charge in [-0.3, -0.25) is 14.7 Å². The second-order valence-corrected chi connectivity index (χ2v) is 10.9. The van der Waals surface area contributed by atoms with Crippen molar-refractivity contribution in [3.63, 3.8) is 0 Å². The zero-order valence-corrected chi connectivity index (χ0v) is 22.9. The van der Waals surface area contributed by atoms with E-state index in [0.717, 1.165) is 41.4 Å². The van der Waals surface area contributed by atoms with E-state index in [0.29, 0.717) is 74.4 Å². The molecule has 2 aromatic carbocycles. The van der Waals surface area contributed by atoms with Gasteiger partial charge in [0.2, 0.25) is 0 Å². The number of methoxy groups -OCH3 is 1. The summed E-state index contributed by atoms with van der Waals surface area (Å²) in [4.78, 5) is 24.9. The van der Waals surface area contributed by atoms with E-state index in [-0.39, 0.29) is 29.7 Å². The highest BCUT2D eigenvalue weighted by atomic mass is 19.1. The average Bonchev–Trinajstić information content (AvgIpc) is 3.51. The lowest BCUT2D eigenvalue weighted by molar-refractivity contribution is 0.0512. The maximum Gasteiger partial charge on any atom is 0.296 e. The Morgan fingerprint density at radius 1 is 1.20 bits per heavy atom. The number of nitrogens with one attached hydrogen (secondary N) is 1. The highest BCUT2D eigenvalue weighted by molar-refractivity contribution is 5.98. The maximum atomic E-state index is 14.9. The van der Waals surface area contributed by atoms with Gasteiger partial charge in [0.1, 0.15) is 18.2 Å². The summed E-state index contributed by atoms with van der Waals surface area (Å²) < 4.78 is 45.1. The molecule has 0 radical (unpaired) electrons. The van der Waals surface area contributed by atoms with Crippen LogP contribution in [-0.4, -0.2) is 60.6 Å². The van der Waals surface area contributed by atoms with Crippen LogP contribution in [0.5, 0.6) is 11.8 Å². The molecule has 2 saturated heterocycles. The number of rotatable bonds is 8. The molecule has 40 heavy (non-hydrogen) atoms. The Balaban J connectivity index is 1.31. The van der Waals surface area contributed by atoms with Crippen LogP contribution in [0.1, 0.15) is 43.0 Å². The van der Waals surface area contributed by atoms with E-state index in [1.807, 2.05) is 19.1 Å². The first kappa shape index (κ1) is 26.7. The maximum absolute atomic E-state index is 14.9. The van der Waals surface area contributed by atoms with E-state index < -0.39 is 0 Å². The second-order valence-electron chi connectivity index (χ2n) is 10.9. The molecule has 1 aromatic heterocycles. The van der Waals surface area contributed by atoms with Crippen LogP contribution in [0.25, 0.3) is 10.8 Å². The van der Waals surface area contributed by atoms with Gasteiger partial charge in [-0.15, -0.1) is 0 Å². The number of ether oxygens (including phenoxy) is 3. The van der Waals surface area contributed by atoms with Crippen LogP contribution < -0.4 is 19.9 Å². The predicted molar refractivity (Wildman–Crippen MR) is 148 cm³/mol. The molecule has 3 aliphatic rings. The van der Waals surface area contributed by atoms with Crippen molar-refractivity contribution in [1.82, 2.24) is 14.9 Å². The molecule has 4 heterocycles. The number of anilines is 1. The third-order valence-electron chi connectivity index (χ3n) is 8.53. The fraction of sp³-hybridized carbons (Fsp3) is 0.467. The highest BCUT2D eigenvalue weighted by Gasteiger charge is 2.47. The zero-order chi connectivity index (χ0) is 27.9. The van der Waals surface area contributed by atoms with Gasteiger partial charge in [-0.05, 0) is 67.3 Å². The number of hydrogen-bond acceptors (Lipinski definition) is 7. The van der Waals surface area contributed by atoms with Crippen LogP contribution >= 0.6 is 0 Å². The van der Waals surface area contributed by atoms with Crippen LogP contribution in [0.3, 0.4) is 0 Å². The fourth-order valence-corrected chi connectivity index (χ4v) is 6.62. The molecule has 0 saturated carbocycles. The SMILES string of the molecule is CCc1c(F)ccc2cc(OCOC)cc(N3CCc4c(nc(OCC56CCCN5C/C(=C\F)C6)[nH]c4=O)C3)c12. The molecular weight excluding hydrogens is 518 g/mol. The van der Waals surface area contributed by atoms with Crippen molar-refractivity contribution < 1.29 is 23.0 Å². The van der Waals surface area contributed by atoms with Crippen LogP contribution in [-0.2, 0) is 24.1 Å². The van der Waals surface area contributed by atoms with Gasteiger partial charge in [0.25, 0.3) is 11.6 Å². The van der Waals surface area contributed by atoms with Crippen LogP contribution in [0.4, 0.5) is 14.5 Å². The standard InChI is InChI=1S/C30H34F2N4O4/c1-3-22-24(32)6-5-20-11-21(40-18-38-2)12-26(27(20)22)35-10-7-23-25(16-35)33-29(34-28(23)37)39-17-30-8-4-9-36(30)15-19(13-30)14-31/h5-6,11-12,14H,3-4,7-10,13,15-18H2,1-2H3,(H,33,34,37)/b19-14-. The molecule has 6 rings (SSSR count). The summed E-state index contributed by atoms with van der Waals surface area (Å²) in [5.41, 5.74) is 3.03. The Morgan fingerprint density at radius 3 is 2.88 bits per heavy atom. The topological polar surface area (TPSA) is 79.9 Å². The number of aromatic nitrogens is 2. The number of aryl methyl sites for hydroxylation is 1. The van der Waals surface area contributed by atoms with E-state index in [2.05, 4.69) is 14.8 Å². The summed E-state index contributed by atoms with van der Waals surface area (Å²) in [5, 5.41) is 1.70. The average molecular weight is 553 g/mol. The molecule has 0 spiro atoms. The summed E-state index contributed by atoms with van der Waals surface area (Å²) in [6, 6.07) is 7.22. The van der Waals surface area contributed by atoms with Gasteiger partial charge in [-0.25, -0.2) is 8.78 Å². The van der Waals surface area contributed by atoms with Gasteiger partial charge in [-0.1, -0.05) is 13.0 Å². The Labute approximate surface area is 231 Å². The molecule has 1 atom stereocenters.